The SMILES string of the molecule is Cc1nc(N)sc1SCc1cccc([N+](=O)[O-])c1F. The van der Waals surface area contributed by atoms with E-state index in [1.54, 1.807) is 0 Å². The minimum atomic E-state index is -0.782. The van der Waals surface area contributed by atoms with Gasteiger partial charge in [0.25, 0.3) is 0 Å². The Morgan fingerprint density at radius 3 is 2.89 bits per heavy atom. The summed E-state index contributed by atoms with van der Waals surface area (Å²) in [4.78, 5) is 14.0. The number of aromatic nitrogens is 1. The molecule has 0 spiro atoms. The molecule has 0 bridgehead atoms. The summed E-state index contributed by atoms with van der Waals surface area (Å²) in [5, 5.41) is 11.1. The summed E-state index contributed by atoms with van der Waals surface area (Å²) in [6, 6.07) is 4.17. The molecule has 2 aromatic rings. The van der Waals surface area contributed by atoms with Crippen molar-refractivity contribution in [3.05, 3.63) is 45.4 Å². The Morgan fingerprint density at radius 1 is 1.58 bits per heavy atom. The quantitative estimate of drug-likeness (QED) is 0.531. The molecule has 0 amide bonds. The summed E-state index contributed by atoms with van der Waals surface area (Å²) in [5.41, 5.74) is 6.16. The fraction of sp³-hybridized carbons (Fsp3) is 0.182. The monoisotopic (exact) mass is 299 g/mol. The lowest BCUT2D eigenvalue weighted by Gasteiger charge is -2.02. The number of rotatable bonds is 4. The molecule has 1 heterocycles. The minimum absolute atomic E-state index is 0.297. The van der Waals surface area contributed by atoms with Gasteiger partial charge in [-0.05, 0) is 6.92 Å². The van der Waals surface area contributed by atoms with Crippen LogP contribution in [0.4, 0.5) is 15.2 Å². The van der Waals surface area contributed by atoms with Crippen molar-refractivity contribution in [1.82, 2.24) is 4.98 Å². The average molecular weight is 299 g/mol. The van der Waals surface area contributed by atoms with E-state index in [2.05, 4.69) is 4.98 Å². The number of benzene rings is 1. The number of aryl methyl sites for hydroxylation is 1. The van der Waals surface area contributed by atoms with Crippen molar-refractivity contribution in [3.8, 4) is 0 Å². The van der Waals surface area contributed by atoms with Crippen LogP contribution >= 0.6 is 23.1 Å². The predicted octanol–water partition coefficient (Wildman–Crippen LogP) is 3.37. The zero-order valence-corrected chi connectivity index (χ0v) is 11.6. The molecule has 0 aliphatic heterocycles. The van der Waals surface area contributed by atoms with E-state index in [0.717, 1.165) is 16.0 Å². The van der Waals surface area contributed by atoms with Crippen LogP contribution in [0.25, 0.3) is 0 Å². The Bertz CT molecular complexity index is 630. The lowest BCUT2D eigenvalue weighted by molar-refractivity contribution is -0.387. The van der Waals surface area contributed by atoms with Crippen LogP contribution in [-0.4, -0.2) is 9.91 Å². The van der Waals surface area contributed by atoms with E-state index < -0.39 is 16.4 Å². The smallest absolute Gasteiger partial charge is 0.305 e. The van der Waals surface area contributed by atoms with Gasteiger partial charge in [-0.25, -0.2) is 4.98 Å². The molecule has 0 saturated carbocycles. The molecule has 0 aliphatic rings. The molecule has 0 aliphatic carbocycles. The van der Waals surface area contributed by atoms with Crippen molar-refractivity contribution in [2.75, 3.05) is 5.73 Å². The highest BCUT2D eigenvalue weighted by molar-refractivity contribution is 8.00. The van der Waals surface area contributed by atoms with Crippen LogP contribution in [0.2, 0.25) is 0 Å². The van der Waals surface area contributed by atoms with Gasteiger partial charge in [0, 0.05) is 17.4 Å². The Hall–Kier alpha value is -1.67. The molecule has 1 aromatic carbocycles. The second kappa shape index (κ2) is 5.54. The maximum absolute atomic E-state index is 13.8. The third-order valence-corrected chi connectivity index (χ3v) is 4.78. The van der Waals surface area contributed by atoms with E-state index in [9.17, 15) is 14.5 Å². The number of nitrogens with zero attached hydrogens (tertiary/aromatic N) is 2. The van der Waals surface area contributed by atoms with E-state index in [1.807, 2.05) is 6.92 Å². The average Bonchev–Trinajstić information content (AvgIpc) is 2.66. The lowest BCUT2D eigenvalue weighted by Crippen LogP contribution is -1.96. The Labute approximate surface area is 116 Å². The maximum Gasteiger partial charge on any atom is 0.305 e. The molecule has 0 saturated heterocycles. The van der Waals surface area contributed by atoms with Gasteiger partial charge in [-0.3, -0.25) is 10.1 Å². The van der Waals surface area contributed by atoms with Crippen LogP contribution in [0.5, 0.6) is 0 Å². The van der Waals surface area contributed by atoms with E-state index in [1.165, 1.54) is 35.2 Å². The first-order valence-electron chi connectivity index (χ1n) is 5.26. The summed E-state index contributed by atoms with van der Waals surface area (Å²) < 4.78 is 14.7. The number of thioether (sulfide) groups is 1. The van der Waals surface area contributed by atoms with Crippen LogP contribution in [0, 0.1) is 22.9 Å². The van der Waals surface area contributed by atoms with Gasteiger partial charge in [-0.1, -0.05) is 23.5 Å². The molecule has 5 nitrogen and oxygen atoms in total. The van der Waals surface area contributed by atoms with Gasteiger partial charge in [0.05, 0.1) is 14.8 Å². The van der Waals surface area contributed by atoms with Crippen molar-refractivity contribution >= 4 is 33.9 Å². The number of hydrogen-bond donors (Lipinski definition) is 1. The zero-order valence-electron chi connectivity index (χ0n) is 9.92. The van der Waals surface area contributed by atoms with Crippen molar-refractivity contribution in [1.29, 1.82) is 0 Å². The number of nitrogens with two attached hydrogens (primary N) is 1. The Morgan fingerprint density at radius 2 is 2.32 bits per heavy atom. The highest BCUT2D eigenvalue weighted by atomic mass is 32.2. The molecule has 2 N–H and O–H groups in total. The van der Waals surface area contributed by atoms with Gasteiger partial charge in [0.15, 0.2) is 5.13 Å². The third kappa shape index (κ3) is 3.02. The van der Waals surface area contributed by atoms with Gasteiger partial charge in [0.1, 0.15) is 0 Å². The van der Waals surface area contributed by atoms with Crippen LogP contribution in [0.15, 0.2) is 22.4 Å². The molecule has 0 unspecified atom stereocenters. The first kappa shape index (κ1) is 13.8. The lowest BCUT2D eigenvalue weighted by atomic mass is 10.2. The normalized spacial score (nSPS) is 10.6. The second-order valence-corrected chi connectivity index (χ2v) is 6.00. The predicted molar refractivity (Wildman–Crippen MR) is 73.9 cm³/mol. The second-order valence-electron chi connectivity index (χ2n) is 3.72. The molecule has 0 fully saturated rings. The summed E-state index contributed by atoms with van der Waals surface area (Å²) in [7, 11) is 0. The van der Waals surface area contributed by atoms with Gasteiger partial charge in [0.2, 0.25) is 5.82 Å². The van der Waals surface area contributed by atoms with Gasteiger partial charge in [-0.15, -0.1) is 11.8 Å². The van der Waals surface area contributed by atoms with E-state index >= 15 is 0 Å². The summed E-state index contributed by atoms with van der Waals surface area (Å²) >= 11 is 2.69. The molecular weight excluding hydrogens is 289 g/mol. The topological polar surface area (TPSA) is 82.0 Å². The fourth-order valence-electron chi connectivity index (χ4n) is 1.50. The first-order valence-corrected chi connectivity index (χ1v) is 7.06. The van der Waals surface area contributed by atoms with Crippen molar-refractivity contribution < 1.29 is 9.31 Å². The summed E-state index contributed by atoms with van der Waals surface area (Å²) in [6.07, 6.45) is 0. The molecule has 2 rings (SSSR count). The third-order valence-electron chi connectivity index (χ3n) is 2.38. The Balaban J connectivity index is 2.18. The van der Waals surface area contributed by atoms with Crippen molar-refractivity contribution in [2.45, 2.75) is 16.9 Å². The van der Waals surface area contributed by atoms with Crippen LogP contribution in [0.3, 0.4) is 0 Å². The number of nitro groups is 1. The van der Waals surface area contributed by atoms with E-state index in [0.29, 0.717) is 16.4 Å². The number of nitrogen functional groups attached to an aromatic ring is 1. The molecule has 1 aromatic heterocycles. The van der Waals surface area contributed by atoms with Gasteiger partial charge < -0.3 is 5.73 Å². The number of thiazole rings is 1. The van der Waals surface area contributed by atoms with Crippen molar-refractivity contribution in [3.63, 3.8) is 0 Å². The molecule has 0 radical (unpaired) electrons. The molecule has 8 heteroatoms. The minimum Gasteiger partial charge on any atom is -0.375 e. The first-order chi connectivity index (χ1) is 8.99. The highest BCUT2D eigenvalue weighted by Crippen LogP contribution is 2.34. The van der Waals surface area contributed by atoms with Gasteiger partial charge in [-0.2, -0.15) is 4.39 Å². The van der Waals surface area contributed by atoms with E-state index in [-0.39, 0.29) is 0 Å². The maximum atomic E-state index is 13.8. The highest BCUT2D eigenvalue weighted by Gasteiger charge is 2.17. The molecule has 0 atom stereocenters. The molecule has 100 valence electrons. The zero-order chi connectivity index (χ0) is 14.0. The van der Waals surface area contributed by atoms with Crippen LogP contribution in [0.1, 0.15) is 11.3 Å². The molecular formula is C11H10FN3O2S2. The summed E-state index contributed by atoms with van der Waals surface area (Å²) in [5.74, 6) is -0.481. The fourth-order valence-corrected chi connectivity index (χ4v) is 3.50. The number of nitro benzene ring substituents is 1. The summed E-state index contributed by atoms with van der Waals surface area (Å²) in [6.45, 7) is 1.82. The van der Waals surface area contributed by atoms with Gasteiger partial charge >= 0.3 is 5.69 Å². The largest absolute Gasteiger partial charge is 0.375 e. The number of halogens is 1. The molecule has 19 heavy (non-hydrogen) atoms. The van der Waals surface area contributed by atoms with Crippen molar-refractivity contribution in [2.24, 2.45) is 0 Å². The number of hydrogen-bond acceptors (Lipinski definition) is 6. The van der Waals surface area contributed by atoms with Crippen LogP contribution in [-0.2, 0) is 5.75 Å². The Kier molecular flexibility index (Phi) is 4.01. The standard InChI is InChI=1S/C11H10FN3O2S2/c1-6-10(19-11(13)14-6)18-5-7-3-2-4-8(9(7)12)15(16)17/h2-4H,5H2,1H3,(H2,13,14). The van der Waals surface area contributed by atoms with E-state index in [4.69, 9.17) is 5.73 Å². The number of anilines is 1. The van der Waals surface area contributed by atoms with Crippen LogP contribution < -0.4 is 5.73 Å².